The van der Waals surface area contributed by atoms with Gasteiger partial charge in [0.1, 0.15) is 5.75 Å². The Kier molecular flexibility index (Phi) is 5.29. The first-order chi connectivity index (χ1) is 7.74. The van der Waals surface area contributed by atoms with Crippen LogP contribution in [0.3, 0.4) is 0 Å². The maximum Gasteiger partial charge on any atom is 0.122 e. The minimum atomic E-state index is -0.397. The van der Waals surface area contributed by atoms with E-state index in [9.17, 15) is 5.11 Å². The van der Waals surface area contributed by atoms with E-state index in [1.807, 2.05) is 24.3 Å². The molecule has 3 heteroatoms. The van der Waals surface area contributed by atoms with E-state index in [-0.39, 0.29) is 5.92 Å². The Morgan fingerprint density at radius 3 is 2.62 bits per heavy atom. The van der Waals surface area contributed by atoms with Crippen LogP contribution in [0.15, 0.2) is 24.3 Å². The molecule has 0 bridgehead atoms. The molecule has 3 nitrogen and oxygen atoms in total. The van der Waals surface area contributed by atoms with Crippen molar-refractivity contribution >= 4 is 0 Å². The summed E-state index contributed by atoms with van der Waals surface area (Å²) in [5.74, 6) is 0.754. The van der Waals surface area contributed by atoms with Crippen molar-refractivity contribution in [1.82, 2.24) is 0 Å². The quantitative estimate of drug-likeness (QED) is 0.774. The molecule has 2 unspecified atom stereocenters. The Balaban J connectivity index is 2.93. The molecule has 0 heterocycles. The molecule has 0 aromatic heterocycles. The van der Waals surface area contributed by atoms with Crippen molar-refractivity contribution in [2.45, 2.75) is 31.8 Å². The molecule has 1 aromatic carbocycles. The standard InChI is InChI=1S/C13H21NO2/c1-3-6-12(15)11(9-14)10-7-4-5-8-13(10)16-2/h4-5,7-8,11-12,15H,3,6,9,14H2,1-2H3. The van der Waals surface area contributed by atoms with Gasteiger partial charge in [-0.3, -0.25) is 0 Å². The summed E-state index contributed by atoms with van der Waals surface area (Å²) in [5, 5.41) is 10.0. The van der Waals surface area contributed by atoms with Crippen molar-refractivity contribution in [3.05, 3.63) is 29.8 Å². The second kappa shape index (κ2) is 6.51. The molecule has 0 radical (unpaired) electrons. The number of hydrogen-bond donors (Lipinski definition) is 2. The second-order valence-corrected chi connectivity index (χ2v) is 3.94. The first kappa shape index (κ1) is 13.0. The summed E-state index contributed by atoms with van der Waals surface area (Å²) in [6, 6.07) is 7.73. The zero-order chi connectivity index (χ0) is 12.0. The zero-order valence-corrected chi connectivity index (χ0v) is 10.0. The van der Waals surface area contributed by atoms with E-state index in [2.05, 4.69) is 6.92 Å². The van der Waals surface area contributed by atoms with Crippen LogP contribution in [0, 0.1) is 0 Å². The van der Waals surface area contributed by atoms with Gasteiger partial charge in [-0.2, -0.15) is 0 Å². The van der Waals surface area contributed by atoms with E-state index in [1.54, 1.807) is 7.11 Å². The van der Waals surface area contributed by atoms with Gasteiger partial charge in [0.05, 0.1) is 13.2 Å². The molecule has 0 saturated heterocycles. The fourth-order valence-electron chi connectivity index (χ4n) is 1.96. The molecule has 0 amide bonds. The Bertz CT molecular complexity index is 315. The fourth-order valence-corrected chi connectivity index (χ4v) is 1.96. The van der Waals surface area contributed by atoms with Gasteiger partial charge in [0.25, 0.3) is 0 Å². The molecule has 0 aliphatic rings. The largest absolute Gasteiger partial charge is 0.496 e. The molecule has 16 heavy (non-hydrogen) atoms. The van der Waals surface area contributed by atoms with Crippen LogP contribution in [-0.4, -0.2) is 24.9 Å². The summed E-state index contributed by atoms with van der Waals surface area (Å²) in [5.41, 5.74) is 6.74. The first-order valence-corrected chi connectivity index (χ1v) is 5.75. The number of para-hydroxylation sites is 1. The maximum absolute atomic E-state index is 10.0. The summed E-state index contributed by atoms with van der Waals surface area (Å²) < 4.78 is 5.29. The summed E-state index contributed by atoms with van der Waals surface area (Å²) in [6.45, 7) is 2.49. The predicted octanol–water partition coefficient (Wildman–Crippen LogP) is 1.90. The second-order valence-electron chi connectivity index (χ2n) is 3.94. The normalized spacial score (nSPS) is 14.5. The van der Waals surface area contributed by atoms with Gasteiger partial charge in [-0.05, 0) is 12.5 Å². The molecule has 0 fully saturated rings. The van der Waals surface area contributed by atoms with Gasteiger partial charge >= 0.3 is 0 Å². The fraction of sp³-hybridized carbons (Fsp3) is 0.538. The average Bonchev–Trinajstić information content (AvgIpc) is 2.31. The number of rotatable bonds is 6. The van der Waals surface area contributed by atoms with Gasteiger partial charge in [-0.25, -0.2) is 0 Å². The molecule has 2 atom stereocenters. The van der Waals surface area contributed by atoms with Crippen LogP contribution in [-0.2, 0) is 0 Å². The van der Waals surface area contributed by atoms with Crippen LogP contribution in [0.25, 0.3) is 0 Å². The molecule has 0 spiro atoms. The minimum absolute atomic E-state index is 0.0453. The monoisotopic (exact) mass is 223 g/mol. The van der Waals surface area contributed by atoms with E-state index < -0.39 is 6.10 Å². The van der Waals surface area contributed by atoms with Crippen molar-refractivity contribution in [2.24, 2.45) is 5.73 Å². The van der Waals surface area contributed by atoms with Crippen molar-refractivity contribution < 1.29 is 9.84 Å². The smallest absolute Gasteiger partial charge is 0.122 e. The lowest BCUT2D eigenvalue weighted by atomic mass is 9.90. The topological polar surface area (TPSA) is 55.5 Å². The minimum Gasteiger partial charge on any atom is -0.496 e. The molecule has 3 N–H and O–H groups in total. The van der Waals surface area contributed by atoms with Crippen LogP contribution >= 0.6 is 0 Å². The van der Waals surface area contributed by atoms with Crippen LogP contribution in [0.4, 0.5) is 0 Å². The number of benzene rings is 1. The average molecular weight is 223 g/mol. The highest BCUT2D eigenvalue weighted by Crippen LogP contribution is 2.29. The van der Waals surface area contributed by atoms with Gasteiger partial charge in [0.2, 0.25) is 0 Å². The predicted molar refractivity (Wildman–Crippen MR) is 65.7 cm³/mol. The number of aliphatic hydroxyl groups is 1. The Hall–Kier alpha value is -1.06. The van der Waals surface area contributed by atoms with Crippen molar-refractivity contribution in [2.75, 3.05) is 13.7 Å². The number of hydrogen-bond acceptors (Lipinski definition) is 3. The van der Waals surface area contributed by atoms with Gasteiger partial charge in [0, 0.05) is 18.0 Å². The highest BCUT2D eigenvalue weighted by Gasteiger charge is 2.21. The lowest BCUT2D eigenvalue weighted by molar-refractivity contribution is 0.133. The molecule has 1 rings (SSSR count). The Morgan fingerprint density at radius 2 is 2.06 bits per heavy atom. The van der Waals surface area contributed by atoms with Crippen molar-refractivity contribution in [3.63, 3.8) is 0 Å². The van der Waals surface area contributed by atoms with E-state index in [4.69, 9.17) is 10.5 Å². The van der Waals surface area contributed by atoms with Gasteiger partial charge in [0.15, 0.2) is 0 Å². The van der Waals surface area contributed by atoms with Crippen molar-refractivity contribution in [3.8, 4) is 5.75 Å². The van der Waals surface area contributed by atoms with Crippen LogP contribution in [0.2, 0.25) is 0 Å². The van der Waals surface area contributed by atoms with E-state index in [1.165, 1.54) is 0 Å². The third-order valence-corrected chi connectivity index (χ3v) is 2.84. The third-order valence-electron chi connectivity index (χ3n) is 2.84. The molecule has 0 saturated carbocycles. The molecular formula is C13H21NO2. The highest BCUT2D eigenvalue weighted by molar-refractivity contribution is 5.37. The summed E-state index contributed by atoms with van der Waals surface area (Å²) >= 11 is 0. The molecule has 0 aliphatic carbocycles. The molecule has 0 aliphatic heterocycles. The number of ether oxygens (including phenoxy) is 1. The van der Waals surface area contributed by atoms with Gasteiger partial charge in [-0.15, -0.1) is 0 Å². The third kappa shape index (κ3) is 2.97. The molecular weight excluding hydrogens is 202 g/mol. The van der Waals surface area contributed by atoms with E-state index in [0.29, 0.717) is 6.54 Å². The van der Waals surface area contributed by atoms with Gasteiger partial charge in [-0.1, -0.05) is 31.5 Å². The molecule has 90 valence electrons. The maximum atomic E-state index is 10.0. The van der Waals surface area contributed by atoms with Crippen LogP contribution in [0.1, 0.15) is 31.2 Å². The summed E-state index contributed by atoms with van der Waals surface area (Å²) in [4.78, 5) is 0. The van der Waals surface area contributed by atoms with Crippen molar-refractivity contribution in [1.29, 1.82) is 0 Å². The zero-order valence-electron chi connectivity index (χ0n) is 10.0. The molecule has 1 aromatic rings. The van der Waals surface area contributed by atoms with Crippen LogP contribution < -0.4 is 10.5 Å². The van der Waals surface area contributed by atoms with E-state index in [0.717, 1.165) is 24.2 Å². The van der Waals surface area contributed by atoms with Gasteiger partial charge < -0.3 is 15.6 Å². The Morgan fingerprint density at radius 1 is 1.38 bits per heavy atom. The lowest BCUT2D eigenvalue weighted by Crippen LogP contribution is -2.26. The SMILES string of the molecule is CCCC(O)C(CN)c1ccccc1OC. The Labute approximate surface area is 97.2 Å². The summed E-state index contributed by atoms with van der Waals surface area (Å²) in [6.07, 6.45) is 1.32. The summed E-state index contributed by atoms with van der Waals surface area (Å²) in [7, 11) is 1.64. The first-order valence-electron chi connectivity index (χ1n) is 5.75. The number of nitrogens with two attached hydrogens (primary N) is 1. The van der Waals surface area contributed by atoms with E-state index >= 15 is 0 Å². The van der Waals surface area contributed by atoms with Crippen LogP contribution in [0.5, 0.6) is 5.75 Å². The number of methoxy groups -OCH3 is 1. The number of aliphatic hydroxyl groups excluding tert-OH is 1. The lowest BCUT2D eigenvalue weighted by Gasteiger charge is -2.23. The highest BCUT2D eigenvalue weighted by atomic mass is 16.5.